The fourth-order valence-electron chi connectivity index (χ4n) is 2.26. The second-order valence-electron chi connectivity index (χ2n) is 4.86. The van der Waals surface area contributed by atoms with Crippen molar-refractivity contribution in [1.82, 2.24) is 14.5 Å². The van der Waals surface area contributed by atoms with Crippen molar-refractivity contribution < 1.29 is 5.11 Å². The van der Waals surface area contributed by atoms with Crippen LogP contribution in [0.5, 0.6) is 5.75 Å². The first-order chi connectivity index (χ1) is 10.2. The molecule has 2 aromatic heterocycles. The van der Waals surface area contributed by atoms with E-state index in [2.05, 4.69) is 14.5 Å². The molecule has 2 heterocycles. The van der Waals surface area contributed by atoms with E-state index in [-0.39, 0.29) is 5.75 Å². The molecule has 0 spiro atoms. The van der Waals surface area contributed by atoms with E-state index in [1.807, 2.05) is 36.8 Å². The number of nitrogens with zero attached hydrogens (tertiary/aromatic N) is 3. The zero-order valence-electron chi connectivity index (χ0n) is 11.5. The first-order valence-electron chi connectivity index (χ1n) is 6.72. The van der Waals surface area contributed by atoms with Crippen molar-refractivity contribution in [2.45, 2.75) is 13.0 Å². The average Bonchev–Trinajstić information content (AvgIpc) is 2.95. The number of hydrogen-bond acceptors (Lipinski definition) is 4. The van der Waals surface area contributed by atoms with Crippen molar-refractivity contribution in [2.75, 3.05) is 5.73 Å². The molecule has 3 aromatic rings. The van der Waals surface area contributed by atoms with Gasteiger partial charge in [-0.3, -0.25) is 0 Å². The van der Waals surface area contributed by atoms with Crippen LogP contribution in [0.3, 0.4) is 0 Å². The third-order valence-corrected chi connectivity index (χ3v) is 3.37. The zero-order chi connectivity index (χ0) is 14.7. The Bertz CT molecular complexity index is 734. The van der Waals surface area contributed by atoms with Crippen molar-refractivity contribution in [2.24, 2.45) is 0 Å². The number of aryl methyl sites for hydroxylation is 2. The first-order valence-corrected chi connectivity index (χ1v) is 6.72. The van der Waals surface area contributed by atoms with E-state index >= 15 is 0 Å². The van der Waals surface area contributed by atoms with Crippen molar-refractivity contribution >= 4 is 5.82 Å². The maximum absolute atomic E-state index is 9.29. The van der Waals surface area contributed by atoms with E-state index in [9.17, 15) is 5.11 Å². The standard InChI is InChI=1S/C16H16N4O/c17-16-9-13(5-7-19-16)15-10-18-11-20(15)8-6-12-1-3-14(21)4-2-12/h1-5,7,9-11,21H,6,8H2,(H2,17,19). The number of phenolic OH excluding ortho intramolecular Hbond substituents is 1. The van der Waals surface area contributed by atoms with Crippen LogP contribution in [0.4, 0.5) is 5.82 Å². The highest BCUT2D eigenvalue weighted by Crippen LogP contribution is 2.20. The summed E-state index contributed by atoms with van der Waals surface area (Å²) < 4.78 is 2.08. The quantitative estimate of drug-likeness (QED) is 0.769. The Morgan fingerprint density at radius 3 is 2.71 bits per heavy atom. The maximum Gasteiger partial charge on any atom is 0.123 e. The second-order valence-corrected chi connectivity index (χ2v) is 4.86. The van der Waals surface area contributed by atoms with Crippen molar-refractivity contribution in [1.29, 1.82) is 0 Å². The van der Waals surface area contributed by atoms with Crippen LogP contribution in [-0.2, 0) is 13.0 Å². The molecule has 1 aromatic carbocycles. The molecule has 0 aliphatic rings. The van der Waals surface area contributed by atoms with Gasteiger partial charge in [0.25, 0.3) is 0 Å². The Hall–Kier alpha value is -2.82. The Morgan fingerprint density at radius 2 is 1.95 bits per heavy atom. The highest BCUT2D eigenvalue weighted by atomic mass is 16.3. The van der Waals surface area contributed by atoms with Crippen LogP contribution in [0.1, 0.15) is 5.56 Å². The lowest BCUT2D eigenvalue weighted by molar-refractivity contribution is 0.475. The molecular weight excluding hydrogens is 264 g/mol. The molecule has 106 valence electrons. The summed E-state index contributed by atoms with van der Waals surface area (Å²) in [7, 11) is 0. The topological polar surface area (TPSA) is 77.0 Å². The van der Waals surface area contributed by atoms with Gasteiger partial charge in [-0.05, 0) is 36.2 Å². The molecule has 21 heavy (non-hydrogen) atoms. The monoisotopic (exact) mass is 280 g/mol. The average molecular weight is 280 g/mol. The number of imidazole rings is 1. The Balaban J connectivity index is 1.78. The van der Waals surface area contributed by atoms with E-state index in [1.54, 1.807) is 18.3 Å². The van der Waals surface area contributed by atoms with Crippen LogP contribution >= 0.6 is 0 Å². The van der Waals surface area contributed by atoms with Gasteiger partial charge < -0.3 is 15.4 Å². The van der Waals surface area contributed by atoms with Gasteiger partial charge in [0.1, 0.15) is 11.6 Å². The van der Waals surface area contributed by atoms with Crippen LogP contribution in [0.25, 0.3) is 11.3 Å². The lowest BCUT2D eigenvalue weighted by Crippen LogP contribution is -2.02. The number of phenols is 1. The van der Waals surface area contributed by atoms with E-state index < -0.39 is 0 Å². The molecule has 3 N–H and O–H groups in total. The van der Waals surface area contributed by atoms with Gasteiger partial charge in [-0.1, -0.05) is 12.1 Å². The molecule has 3 rings (SSSR count). The molecule has 0 fully saturated rings. The normalized spacial score (nSPS) is 10.7. The fraction of sp³-hybridized carbons (Fsp3) is 0.125. The van der Waals surface area contributed by atoms with Crippen LogP contribution in [0, 0.1) is 0 Å². The SMILES string of the molecule is Nc1cc(-c2cncn2CCc2ccc(O)cc2)ccn1. The van der Waals surface area contributed by atoms with E-state index in [1.165, 1.54) is 5.56 Å². The Kier molecular flexibility index (Phi) is 3.55. The Morgan fingerprint density at radius 1 is 1.14 bits per heavy atom. The van der Waals surface area contributed by atoms with Gasteiger partial charge in [-0.15, -0.1) is 0 Å². The molecule has 0 amide bonds. The minimum atomic E-state index is 0.286. The highest BCUT2D eigenvalue weighted by Gasteiger charge is 2.06. The number of nitrogen functional groups attached to an aromatic ring is 1. The summed E-state index contributed by atoms with van der Waals surface area (Å²) in [6.45, 7) is 0.808. The molecule has 0 atom stereocenters. The summed E-state index contributed by atoms with van der Waals surface area (Å²) in [5.41, 5.74) is 8.92. The molecule has 0 unspecified atom stereocenters. The largest absolute Gasteiger partial charge is 0.508 e. The van der Waals surface area contributed by atoms with Gasteiger partial charge in [-0.2, -0.15) is 0 Å². The first kappa shape index (κ1) is 13.2. The number of aromatic hydroxyl groups is 1. The van der Waals surface area contributed by atoms with Crippen LogP contribution in [0.2, 0.25) is 0 Å². The predicted molar refractivity (Wildman–Crippen MR) is 81.7 cm³/mol. The van der Waals surface area contributed by atoms with Gasteiger partial charge in [0.15, 0.2) is 0 Å². The highest BCUT2D eigenvalue weighted by molar-refractivity contribution is 5.61. The molecule has 0 radical (unpaired) electrons. The minimum absolute atomic E-state index is 0.286. The van der Waals surface area contributed by atoms with Gasteiger partial charge in [0.2, 0.25) is 0 Å². The number of rotatable bonds is 4. The molecular formula is C16H16N4O. The molecule has 5 nitrogen and oxygen atoms in total. The van der Waals surface area contributed by atoms with Crippen molar-refractivity contribution in [3.05, 3.63) is 60.7 Å². The molecule has 0 saturated heterocycles. The number of nitrogens with two attached hydrogens (primary N) is 1. The number of benzene rings is 1. The number of pyridine rings is 1. The van der Waals surface area contributed by atoms with Crippen molar-refractivity contribution in [3.8, 4) is 17.0 Å². The molecule has 0 saturated carbocycles. The summed E-state index contributed by atoms with van der Waals surface area (Å²) in [5.74, 6) is 0.785. The zero-order valence-corrected chi connectivity index (χ0v) is 11.5. The van der Waals surface area contributed by atoms with Gasteiger partial charge in [0, 0.05) is 18.3 Å². The third kappa shape index (κ3) is 3.02. The van der Waals surface area contributed by atoms with Crippen molar-refractivity contribution in [3.63, 3.8) is 0 Å². The summed E-state index contributed by atoms with van der Waals surface area (Å²) in [5, 5.41) is 9.29. The smallest absolute Gasteiger partial charge is 0.123 e. The third-order valence-electron chi connectivity index (χ3n) is 3.37. The van der Waals surface area contributed by atoms with E-state index in [0.29, 0.717) is 5.82 Å². The Labute approximate surface area is 122 Å². The molecule has 0 aliphatic heterocycles. The summed E-state index contributed by atoms with van der Waals surface area (Å²) in [6.07, 6.45) is 6.20. The fourth-order valence-corrected chi connectivity index (χ4v) is 2.26. The predicted octanol–water partition coefficient (Wildman–Crippen LogP) is 2.48. The molecule has 5 heteroatoms. The van der Waals surface area contributed by atoms with Gasteiger partial charge in [-0.25, -0.2) is 9.97 Å². The lowest BCUT2D eigenvalue weighted by Gasteiger charge is -2.09. The molecule has 0 aliphatic carbocycles. The van der Waals surface area contributed by atoms with E-state index in [4.69, 9.17) is 5.73 Å². The van der Waals surface area contributed by atoms with Crippen LogP contribution in [-0.4, -0.2) is 19.6 Å². The number of aromatic nitrogens is 3. The minimum Gasteiger partial charge on any atom is -0.508 e. The summed E-state index contributed by atoms with van der Waals surface area (Å²) >= 11 is 0. The van der Waals surface area contributed by atoms with Gasteiger partial charge >= 0.3 is 0 Å². The number of anilines is 1. The van der Waals surface area contributed by atoms with Crippen LogP contribution < -0.4 is 5.73 Å². The summed E-state index contributed by atoms with van der Waals surface area (Å²) in [6, 6.07) is 11.0. The molecule has 0 bridgehead atoms. The summed E-state index contributed by atoms with van der Waals surface area (Å²) in [4.78, 5) is 8.22. The van der Waals surface area contributed by atoms with E-state index in [0.717, 1.165) is 24.2 Å². The lowest BCUT2D eigenvalue weighted by atomic mass is 10.1. The second kappa shape index (κ2) is 5.66. The van der Waals surface area contributed by atoms with Crippen LogP contribution in [0.15, 0.2) is 55.1 Å². The van der Waals surface area contributed by atoms with Gasteiger partial charge in [0.05, 0.1) is 18.2 Å². The number of hydrogen-bond donors (Lipinski definition) is 2. The maximum atomic E-state index is 9.29.